The molecule has 0 saturated heterocycles. The Morgan fingerprint density at radius 3 is 1.92 bits per heavy atom. The molecule has 1 N–H and O–H groups in total. The first-order valence-corrected chi connectivity index (χ1v) is 7.07. The second-order valence-electron chi connectivity index (χ2n) is 5.29. The Labute approximate surface area is 142 Å². The number of hydrogen-bond acceptors (Lipinski definition) is 4. The molecular formula is C15H9F6N5. The zero-order valence-electron chi connectivity index (χ0n) is 12.9. The molecule has 0 saturated carbocycles. The van der Waals surface area contributed by atoms with Crippen LogP contribution in [0.1, 0.15) is 17.1 Å². The summed E-state index contributed by atoms with van der Waals surface area (Å²) < 4.78 is 77.3. The van der Waals surface area contributed by atoms with Crippen LogP contribution in [0.2, 0.25) is 0 Å². The van der Waals surface area contributed by atoms with Gasteiger partial charge in [0.15, 0.2) is 0 Å². The van der Waals surface area contributed by atoms with E-state index in [1.165, 1.54) is 13.0 Å². The number of H-pyrrole nitrogens is 1. The normalized spacial score (nSPS) is 12.4. The molecule has 0 bridgehead atoms. The zero-order valence-corrected chi connectivity index (χ0v) is 12.9. The van der Waals surface area contributed by atoms with Gasteiger partial charge in [-0.1, -0.05) is 12.1 Å². The van der Waals surface area contributed by atoms with Crippen LogP contribution in [0, 0.1) is 6.92 Å². The van der Waals surface area contributed by atoms with Crippen LogP contribution in [-0.2, 0) is 12.4 Å². The van der Waals surface area contributed by atoms with Gasteiger partial charge in [-0.2, -0.15) is 41.8 Å². The molecule has 2 heterocycles. The first kappa shape index (κ1) is 17.8. The minimum atomic E-state index is -4.84. The van der Waals surface area contributed by atoms with Crippen molar-refractivity contribution in [2.24, 2.45) is 0 Å². The van der Waals surface area contributed by atoms with Crippen LogP contribution >= 0.6 is 0 Å². The Hall–Kier alpha value is -2.98. The lowest BCUT2D eigenvalue weighted by Gasteiger charge is -2.11. The van der Waals surface area contributed by atoms with Crippen LogP contribution in [0.4, 0.5) is 26.3 Å². The van der Waals surface area contributed by atoms with Crippen LogP contribution in [0.15, 0.2) is 30.3 Å². The van der Waals surface area contributed by atoms with Gasteiger partial charge in [-0.25, -0.2) is 9.97 Å². The topological polar surface area (TPSA) is 67.3 Å². The molecule has 3 aromatic rings. The lowest BCUT2D eigenvalue weighted by atomic mass is 10.1. The molecule has 0 spiro atoms. The van der Waals surface area contributed by atoms with Crippen molar-refractivity contribution in [2.75, 3.05) is 0 Å². The van der Waals surface area contributed by atoms with Gasteiger partial charge in [-0.15, -0.1) is 0 Å². The Morgan fingerprint density at radius 1 is 0.808 bits per heavy atom. The summed E-state index contributed by atoms with van der Waals surface area (Å²) in [6, 6.07) is 4.84. The van der Waals surface area contributed by atoms with Gasteiger partial charge in [0.25, 0.3) is 0 Å². The van der Waals surface area contributed by atoms with Gasteiger partial charge in [0.1, 0.15) is 5.69 Å². The van der Waals surface area contributed by atoms with Crippen molar-refractivity contribution < 1.29 is 26.3 Å². The molecule has 136 valence electrons. The number of nitrogens with zero attached hydrogens (tertiary/aromatic N) is 4. The van der Waals surface area contributed by atoms with E-state index in [-0.39, 0.29) is 22.6 Å². The maximum absolute atomic E-state index is 13.1. The number of aromatic amines is 1. The van der Waals surface area contributed by atoms with Crippen molar-refractivity contribution in [3.05, 3.63) is 47.4 Å². The highest BCUT2D eigenvalue weighted by Crippen LogP contribution is 2.33. The Morgan fingerprint density at radius 2 is 1.42 bits per heavy atom. The van der Waals surface area contributed by atoms with E-state index in [9.17, 15) is 26.3 Å². The molecule has 0 amide bonds. The molecule has 0 atom stereocenters. The summed E-state index contributed by atoms with van der Waals surface area (Å²) in [5, 5.41) is 9.74. The van der Waals surface area contributed by atoms with Crippen molar-refractivity contribution in [1.82, 2.24) is 25.4 Å². The molecule has 5 nitrogen and oxygen atoms in total. The zero-order chi connectivity index (χ0) is 19.1. The molecule has 2 aromatic heterocycles. The smallest absolute Gasteiger partial charge is 0.224 e. The average Bonchev–Trinajstić information content (AvgIpc) is 2.99. The molecule has 0 aliphatic rings. The van der Waals surface area contributed by atoms with Crippen LogP contribution in [-0.4, -0.2) is 25.4 Å². The molecule has 11 heteroatoms. The fraction of sp³-hybridized carbons (Fsp3) is 0.200. The summed E-state index contributed by atoms with van der Waals surface area (Å²) in [7, 11) is 0. The summed E-state index contributed by atoms with van der Waals surface area (Å²) >= 11 is 0. The van der Waals surface area contributed by atoms with E-state index < -0.39 is 23.7 Å². The number of nitrogens with one attached hydrogen (secondary N) is 1. The maximum Gasteiger partial charge on any atom is 0.451 e. The molecule has 26 heavy (non-hydrogen) atoms. The van der Waals surface area contributed by atoms with Crippen LogP contribution in [0.5, 0.6) is 0 Å². The highest BCUT2D eigenvalue weighted by Gasteiger charge is 2.36. The summed E-state index contributed by atoms with van der Waals surface area (Å²) in [5.41, 5.74) is -0.764. The van der Waals surface area contributed by atoms with Gasteiger partial charge in [-0.05, 0) is 25.1 Å². The summed E-state index contributed by atoms with van der Waals surface area (Å²) in [6.07, 6.45) is -9.39. The van der Waals surface area contributed by atoms with Crippen LogP contribution < -0.4 is 0 Å². The number of benzene rings is 1. The standard InChI is InChI=1S/C15H9F6N5/c1-7-12(25-26-24-7)11-6-10(22-13(23-11)15(19,20)21)8-2-4-9(5-3-8)14(16,17)18/h2-6H,1H3,(H,24,25,26). The third-order valence-electron chi connectivity index (χ3n) is 3.45. The van der Waals surface area contributed by atoms with Gasteiger partial charge in [0, 0.05) is 5.56 Å². The van der Waals surface area contributed by atoms with E-state index in [1.54, 1.807) is 0 Å². The maximum atomic E-state index is 13.1. The van der Waals surface area contributed by atoms with E-state index in [0.29, 0.717) is 5.69 Å². The molecule has 0 aliphatic carbocycles. The SMILES string of the molecule is Cc1n[nH]nc1-c1cc(-c2ccc(C(F)(F)F)cc2)nc(C(F)(F)F)n1. The molecule has 0 unspecified atom stereocenters. The van der Waals surface area contributed by atoms with Crippen LogP contribution in [0.25, 0.3) is 22.6 Å². The fourth-order valence-corrected chi connectivity index (χ4v) is 2.20. The van der Waals surface area contributed by atoms with Crippen molar-refractivity contribution in [2.45, 2.75) is 19.3 Å². The average molecular weight is 373 g/mol. The fourth-order valence-electron chi connectivity index (χ4n) is 2.20. The number of halogens is 6. The van der Waals surface area contributed by atoms with Gasteiger partial charge in [0.05, 0.1) is 22.6 Å². The number of rotatable bonds is 2. The second kappa shape index (κ2) is 6.07. The lowest BCUT2D eigenvalue weighted by molar-refractivity contribution is -0.144. The number of aromatic nitrogens is 5. The van der Waals surface area contributed by atoms with Crippen molar-refractivity contribution in [3.63, 3.8) is 0 Å². The van der Waals surface area contributed by atoms with E-state index in [2.05, 4.69) is 25.4 Å². The summed E-state index contributed by atoms with van der Waals surface area (Å²) in [4.78, 5) is 6.88. The van der Waals surface area contributed by atoms with Crippen LogP contribution in [0.3, 0.4) is 0 Å². The summed E-state index contributed by atoms with van der Waals surface area (Å²) in [5.74, 6) is -1.42. The van der Waals surface area contributed by atoms with Gasteiger partial charge in [0.2, 0.25) is 5.82 Å². The van der Waals surface area contributed by atoms with Gasteiger partial charge >= 0.3 is 12.4 Å². The monoisotopic (exact) mass is 373 g/mol. The van der Waals surface area contributed by atoms with Crippen molar-refractivity contribution in [1.29, 1.82) is 0 Å². The van der Waals surface area contributed by atoms with E-state index >= 15 is 0 Å². The predicted molar refractivity (Wildman–Crippen MR) is 77.6 cm³/mol. The van der Waals surface area contributed by atoms with Crippen molar-refractivity contribution in [3.8, 4) is 22.6 Å². The number of aryl methyl sites for hydroxylation is 1. The minimum absolute atomic E-state index is 0.0771. The molecule has 0 fully saturated rings. The molecule has 1 aromatic carbocycles. The Balaban J connectivity index is 2.13. The Bertz CT molecular complexity index is 927. The highest BCUT2D eigenvalue weighted by molar-refractivity contribution is 5.67. The highest BCUT2D eigenvalue weighted by atomic mass is 19.4. The quantitative estimate of drug-likeness (QED) is 0.681. The van der Waals surface area contributed by atoms with Crippen molar-refractivity contribution >= 4 is 0 Å². The largest absolute Gasteiger partial charge is 0.451 e. The predicted octanol–water partition coefficient (Wildman–Crippen LogP) is 4.27. The van der Waals surface area contributed by atoms with E-state index in [1.807, 2.05) is 0 Å². The minimum Gasteiger partial charge on any atom is -0.224 e. The van der Waals surface area contributed by atoms with Gasteiger partial charge in [-0.3, -0.25) is 0 Å². The third kappa shape index (κ3) is 3.51. The number of hydrogen-bond donors (Lipinski definition) is 1. The molecule has 0 radical (unpaired) electrons. The Kier molecular flexibility index (Phi) is 4.17. The van der Waals surface area contributed by atoms with E-state index in [4.69, 9.17) is 0 Å². The van der Waals surface area contributed by atoms with Gasteiger partial charge < -0.3 is 0 Å². The van der Waals surface area contributed by atoms with E-state index in [0.717, 1.165) is 24.3 Å². The third-order valence-corrected chi connectivity index (χ3v) is 3.45. The molecule has 3 rings (SSSR count). The lowest BCUT2D eigenvalue weighted by Crippen LogP contribution is -2.12. The molecular weight excluding hydrogens is 364 g/mol. The molecule has 0 aliphatic heterocycles. The second-order valence-corrected chi connectivity index (χ2v) is 5.29. The first-order chi connectivity index (χ1) is 12.1. The number of alkyl halides is 6. The first-order valence-electron chi connectivity index (χ1n) is 7.07. The summed E-state index contributed by atoms with van der Waals surface area (Å²) in [6.45, 7) is 1.52.